The van der Waals surface area contributed by atoms with E-state index < -0.39 is 6.10 Å². The molecule has 1 aliphatic carbocycles. The summed E-state index contributed by atoms with van der Waals surface area (Å²) in [5.74, 6) is 0.810. The van der Waals surface area contributed by atoms with Crippen LogP contribution in [0, 0.1) is 11.3 Å². The van der Waals surface area contributed by atoms with Gasteiger partial charge in [-0.2, -0.15) is 5.10 Å². The fourth-order valence-electron chi connectivity index (χ4n) is 3.48. The van der Waals surface area contributed by atoms with Crippen molar-refractivity contribution >= 4 is 0 Å². The number of aryl methyl sites for hydroxylation is 1. The first kappa shape index (κ1) is 15.5. The summed E-state index contributed by atoms with van der Waals surface area (Å²) in [5.41, 5.74) is 6.82. The highest BCUT2D eigenvalue weighted by molar-refractivity contribution is 5.13. The first-order chi connectivity index (χ1) is 9.65. The third-order valence-electron chi connectivity index (χ3n) is 5.09. The zero-order valence-corrected chi connectivity index (χ0v) is 12.9. The van der Waals surface area contributed by atoms with Crippen molar-refractivity contribution in [3.8, 4) is 0 Å². The van der Waals surface area contributed by atoms with Gasteiger partial charge in [-0.25, -0.2) is 0 Å². The maximum absolute atomic E-state index is 10.8. The van der Waals surface area contributed by atoms with Gasteiger partial charge in [0.15, 0.2) is 0 Å². The van der Waals surface area contributed by atoms with E-state index in [2.05, 4.69) is 18.9 Å². The van der Waals surface area contributed by atoms with Crippen LogP contribution in [-0.4, -0.2) is 21.4 Å². The molecule has 0 radical (unpaired) electrons. The summed E-state index contributed by atoms with van der Waals surface area (Å²) in [6.45, 7) is 5.85. The highest BCUT2D eigenvalue weighted by Crippen LogP contribution is 2.47. The highest BCUT2D eigenvalue weighted by Gasteiger charge is 2.41. The Hall–Kier alpha value is -0.870. The van der Waals surface area contributed by atoms with Gasteiger partial charge in [0.25, 0.3) is 0 Å². The van der Waals surface area contributed by atoms with E-state index in [1.54, 1.807) is 0 Å². The van der Waals surface area contributed by atoms with E-state index in [0.717, 1.165) is 37.3 Å². The fraction of sp³-hybridized carbons (Fsp3) is 0.812. The maximum Gasteiger partial charge on any atom is 0.0888 e. The van der Waals surface area contributed by atoms with Gasteiger partial charge < -0.3 is 10.8 Å². The summed E-state index contributed by atoms with van der Waals surface area (Å²) in [6, 6.07) is 0. The van der Waals surface area contributed by atoms with Gasteiger partial charge in [-0.05, 0) is 38.0 Å². The van der Waals surface area contributed by atoms with Crippen LogP contribution >= 0.6 is 0 Å². The number of nitrogens with two attached hydrogens (primary N) is 1. The van der Waals surface area contributed by atoms with Crippen molar-refractivity contribution in [2.75, 3.05) is 6.54 Å². The molecular weight excluding hydrogens is 250 g/mol. The molecule has 1 aromatic rings. The molecule has 114 valence electrons. The van der Waals surface area contributed by atoms with Crippen molar-refractivity contribution in [1.82, 2.24) is 9.78 Å². The van der Waals surface area contributed by atoms with Crippen LogP contribution in [0.5, 0.6) is 0 Å². The minimum Gasteiger partial charge on any atom is -0.388 e. The molecule has 4 heteroatoms. The zero-order chi connectivity index (χ0) is 14.6. The first-order valence-corrected chi connectivity index (χ1v) is 8.05. The van der Waals surface area contributed by atoms with Gasteiger partial charge in [-0.3, -0.25) is 4.68 Å². The van der Waals surface area contributed by atoms with Crippen LogP contribution in [-0.2, 0) is 6.54 Å². The molecule has 1 saturated carbocycles. The standard InChI is InChI=1S/C16H29N3O/c1-3-9-19-11-14(10-18-19)15(20)16(12-17)7-5-13(4-2)6-8-16/h10-11,13,15,20H,3-9,12,17H2,1-2H3. The van der Waals surface area contributed by atoms with Crippen molar-refractivity contribution in [3.05, 3.63) is 18.0 Å². The molecule has 2 rings (SSSR count). The molecule has 1 fully saturated rings. The molecule has 1 atom stereocenters. The van der Waals surface area contributed by atoms with E-state index >= 15 is 0 Å². The molecule has 4 nitrogen and oxygen atoms in total. The molecule has 0 bridgehead atoms. The molecular formula is C16H29N3O. The second-order valence-electron chi connectivity index (χ2n) is 6.36. The first-order valence-electron chi connectivity index (χ1n) is 8.05. The quantitative estimate of drug-likeness (QED) is 0.841. The second kappa shape index (κ2) is 6.72. The van der Waals surface area contributed by atoms with E-state index in [9.17, 15) is 5.11 Å². The molecule has 0 saturated heterocycles. The van der Waals surface area contributed by atoms with Crippen LogP contribution < -0.4 is 5.73 Å². The Morgan fingerprint density at radius 1 is 1.45 bits per heavy atom. The molecule has 0 aromatic carbocycles. The average molecular weight is 279 g/mol. The summed E-state index contributed by atoms with van der Waals surface area (Å²) in [6.07, 6.45) is 10.0. The minimum absolute atomic E-state index is 0.147. The van der Waals surface area contributed by atoms with Crippen molar-refractivity contribution < 1.29 is 5.11 Å². The predicted molar refractivity (Wildman–Crippen MR) is 81.2 cm³/mol. The lowest BCUT2D eigenvalue weighted by molar-refractivity contribution is -0.0103. The van der Waals surface area contributed by atoms with Gasteiger partial charge in [0.05, 0.1) is 12.3 Å². The Bertz CT molecular complexity index is 408. The molecule has 0 amide bonds. The molecule has 1 unspecified atom stereocenters. The Balaban J connectivity index is 2.09. The van der Waals surface area contributed by atoms with Crippen molar-refractivity contribution in [2.45, 2.75) is 65.0 Å². The molecule has 0 spiro atoms. The highest BCUT2D eigenvalue weighted by atomic mass is 16.3. The van der Waals surface area contributed by atoms with Crippen LogP contribution in [0.25, 0.3) is 0 Å². The molecule has 20 heavy (non-hydrogen) atoms. The molecule has 1 heterocycles. The zero-order valence-electron chi connectivity index (χ0n) is 12.9. The summed E-state index contributed by atoms with van der Waals surface area (Å²) in [5, 5.41) is 15.1. The Labute approximate surface area is 122 Å². The minimum atomic E-state index is -0.476. The number of hydrogen-bond acceptors (Lipinski definition) is 3. The largest absolute Gasteiger partial charge is 0.388 e. The Morgan fingerprint density at radius 2 is 2.15 bits per heavy atom. The SMILES string of the molecule is CCCn1cc(C(O)C2(CN)CCC(CC)CC2)cn1. The maximum atomic E-state index is 10.8. The number of rotatable bonds is 6. The topological polar surface area (TPSA) is 64.1 Å². The van der Waals surface area contributed by atoms with E-state index in [0.29, 0.717) is 6.54 Å². The van der Waals surface area contributed by atoms with E-state index in [-0.39, 0.29) is 5.41 Å². The monoisotopic (exact) mass is 279 g/mol. The number of aliphatic hydroxyl groups excluding tert-OH is 1. The van der Waals surface area contributed by atoms with Gasteiger partial charge >= 0.3 is 0 Å². The van der Waals surface area contributed by atoms with Gasteiger partial charge in [-0.1, -0.05) is 20.3 Å². The van der Waals surface area contributed by atoms with E-state index in [4.69, 9.17) is 5.73 Å². The van der Waals surface area contributed by atoms with E-state index in [1.807, 2.05) is 17.1 Å². The normalized spacial score (nSPS) is 28.5. The lowest BCUT2D eigenvalue weighted by atomic mass is 9.66. The lowest BCUT2D eigenvalue weighted by Crippen LogP contribution is -2.40. The van der Waals surface area contributed by atoms with Crippen LogP contribution in [0.3, 0.4) is 0 Å². The smallest absolute Gasteiger partial charge is 0.0888 e. The summed E-state index contributed by atoms with van der Waals surface area (Å²) >= 11 is 0. The Morgan fingerprint density at radius 3 is 2.70 bits per heavy atom. The van der Waals surface area contributed by atoms with Gasteiger partial charge in [-0.15, -0.1) is 0 Å². The molecule has 1 aliphatic rings. The Kier molecular flexibility index (Phi) is 5.22. The fourth-order valence-corrected chi connectivity index (χ4v) is 3.48. The number of nitrogens with zero attached hydrogens (tertiary/aromatic N) is 2. The van der Waals surface area contributed by atoms with Gasteiger partial charge in [0.2, 0.25) is 0 Å². The predicted octanol–water partition coefficient (Wildman–Crippen LogP) is 2.87. The number of aromatic nitrogens is 2. The van der Waals surface area contributed by atoms with Gasteiger partial charge in [0.1, 0.15) is 0 Å². The second-order valence-corrected chi connectivity index (χ2v) is 6.36. The van der Waals surface area contributed by atoms with Crippen molar-refractivity contribution in [1.29, 1.82) is 0 Å². The lowest BCUT2D eigenvalue weighted by Gasteiger charge is -2.42. The van der Waals surface area contributed by atoms with Crippen LogP contribution in [0.1, 0.15) is 64.0 Å². The third-order valence-corrected chi connectivity index (χ3v) is 5.09. The number of hydrogen-bond donors (Lipinski definition) is 2. The summed E-state index contributed by atoms with van der Waals surface area (Å²) in [4.78, 5) is 0. The summed E-state index contributed by atoms with van der Waals surface area (Å²) in [7, 11) is 0. The molecule has 0 aliphatic heterocycles. The third kappa shape index (κ3) is 3.07. The number of aliphatic hydroxyl groups is 1. The van der Waals surface area contributed by atoms with Crippen LogP contribution in [0.15, 0.2) is 12.4 Å². The van der Waals surface area contributed by atoms with E-state index in [1.165, 1.54) is 19.3 Å². The molecule has 3 N–H and O–H groups in total. The van der Waals surface area contributed by atoms with Crippen LogP contribution in [0.4, 0.5) is 0 Å². The summed E-state index contributed by atoms with van der Waals surface area (Å²) < 4.78 is 1.92. The van der Waals surface area contributed by atoms with Gasteiger partial charge in [0, 0.05) is 30.3 Å². The van der Waals surface area contributed by atoms with Crippen molar-refractivity contribution in [3.63, 3.8) is 0 Å². The molecule has 1 aromatic heterocycles. The van der Waals surface area contributed by atoms with Crippen LogP contribution in [0.2, 0.25) is 0 Å². The van der Waals surface area contributed by atoms with Crippen molar-refractivity contribution in [2.24, 2.45) is 17.1 Å². The average Bonchev–Trinajstić information content (AvgIpc) is 2.95.